The second-order valence-corrected chi connectivity index (χ2v) is 8.31. The second kappa shape index (κ2) is 10.6. The number of hydrogen-bond donors (Lipinski definition) is 2. The van der Waals surface area contributed by atoms with Crippen molar-refractivity contribution in [2.45, 2.75) is 24.5 Å². The molecule has 0 saturated carbocycles. The van der Waals surface area contributed by atoms with Crippen molar-refractivity contribution in [1.82, 2.24) is 30.7 Å². The highest BCUT2D eigenvalue weighted by atomic mass is 32.2. The van der Waals surface area contributed by atoms with Gasteiger partial charge in [-0.15, -0.1) is 16.9 Å². The van der Waals surface area contributed by atoms with Crippen LogP contribution in [-0.2, 0) is 5.75 Å². The quantitative estimate of drug-likeness (QED) is 0.210. The van der Waals surface area contributed by atoms with Gasteiger partial charge in [-0.1, -0.05) is 41.1 Å². The first-order chi connectivity index (χ1) is 16.5. The van der Waals surface area contributed by atoms with Crippen molar-refractivity contribution >= 4 is 29.2 Å². The van der Waals surface area contributed by atoms with Gasteiger partial charge in [-0.3, -0.25) is 4.79 Å². The fraction of sp³-hybridized carbons (Fsp3) is 0.182. The number of amides is 1. The Balaban J connectivity index is 1.50. The minimum atomic E-state index is -0.528. The minimum Gasteiger partial charge on any atom is -0.488 e. The first kappa shape index (κ1) is 23.0. The predicted octanol–water partition coefficient (Wildman–Crippen LogP) is 3.02. The number of carbonyl (C=O) groups excluding carboxylic acids is 1. The lowest BCUT2D eigenvalue weighted by Crippen LogP contribution is -2.23. The first-order valence-electron chi connectivity index (χ1n) is 10.2. The van der Waals surface area contributed by atoms with E-state index in [2.05, 4.69) is 35.8 Å². The summed E-state index contributed by atoms with van der Waals surface area (Å²) in [5.41, 5.74) is 10.6. The third-order valence-electron chi connectivity index (χ3n) is 4.61. The monoisotopic (exact) mass is 478 g/mol. The van der Waals surface area contributed by atoms with Crippen LogP contribution in [0.15, 0.2) is 69.2 Å². The summed E-state index contributed by atoms with van der Waals surface area (Å²) in [5.74, 6) is 0.734. The van der Waals surface area contributed by atoms with E-state index < -0.39 is 5.91 Å². The Kier molecular flexibility index (Phi) is 7.18. The number of nitrogen functional groups attached to an aromatic ring is 1. The number of aromatic nitrogens is 5. The van der Waals surface area contributed by atoms with Gasteiger partial charge in [0, 0.05) is 10.6 Å². The predicted molar refractivity (Wildman–Crippen MR) is 127 cm³/mol. The highest BCUT2D eigenvalue weighted by Crippen LogP contribution is 2.26. The maximum atomic E-state index is 12.9. The van der Waals surface area contributed by atoms with Crippen molar-refractivity contribution in [3.8, 4) is 11.6 Å². The van der Waals surface area contributed by atoms with E-state index in [4.69, 9.17) is 10.5 Å². The molecule has 0 aliphatic carbocycles. The first-order valence-corrected chi connectivity index (χ1v) is 11.2. The SMILES string of the molecule is C/C(COc1ccccc1)=N/NC(=O)c1nnn(-c2nonc2N)c1CSc1ccc(C)cc1. The Hall–Kier alpha value is -4.19. The fourth-order valence-electron chi connectivity index (χ4n) is 2.84. The Morgan fingerprint density at radius 3 is 2.65 bits per heavy atom. The van der Waals surface area contributed by atoms with Crippen molar-refractivity contribution in [2.75, 3.05) is 12.3 Å². The molecular weight excluding hydrogens is 456 g/mol. The van der Waals surface area contributed by atoms with E-state index in [0.717, 1.165) is 10.5 Å². The normalized spacial score (nSPS) is 11.4. The van der Waals surface area contributed by atoms with Crippen LogP contribution >= 0.6 is 11.8 Å². The number of para-hydroxylation sites is 1. The summed E-state index contributed by atoms with van der Waals surface area (Å²) in [6, 6.07) is 17.4. The van der Waals surface area contributed by atoms with Crippen molar-refractivity contribution < 1.29 is 14.2 Å². The number of thioether (sulfide) groups is 1. The Morgan fingerprint density at radius 2 is 1.94 bits per heavy atom. The molecule has 0 aliphatic rings. The molecule has 0 unspecified atom stereocenters. The fourth-order valence-corrected chi connectivity index (χ4v) is 3.73. The number of rotatable bonds is 9. The smallest absolute Gasteiger partial charge is 0.293 e. The molecule has 1 amide bonds. The van der Waals surface area contributed by atoms with Gasteiger partial charge in [0.05, 0.1) is 11.4 Å². The molecule has 2 heterocycles. The summed E-state index contributed by atoms with van der Waals surface area (Å²) in [6.07, 6.45) is 0. The molecule has 4 aromatic rings. The van der Waals surface area contributed by atoms with Crippen LogP contribution in [0.5, 0.6) is 5.75 Å². The highest BCUT2D eigenvalue weighted by Gasteiger charge is 2.24. The van der Waals surface area contributed by atoms with Crippen molar-refractivity contribution in [3.63, 3.8) is 0 Å². The molecule has 0 spiro atoms. The number of nitrogens with zero attached hydrogens (tertiary/aromatic N) is 6. The zero-order valence-corrected chi connectivity index (χ0v) is 19.3. The molecule has 11 nitrogen and oxygen atoms in total. The van der Waals surface area contributed by atoms with E-state index in [1.165, 1.54) is 16.4 Å². The Morgan fingerprint density at radius 1 is 1.18 bits per heavy atom. The molecule has 0 saturated heterocycles. The van der Waals surface area contributed by atoms with Gasteiger partial charge < -0.3 is 10.5 Å². The van der Waals surface area contributed by atoms with Crippen molar-refractivity contribution in [1.29, 1.82) is 0 Å². The molecule has 2 aromatic heterocycles. The number of ether oxygens (including phenoxy) is 1. The number of nitrogens with one attached hydrogen (secondary N) is 1. The van der Waals surface area contributed by atoms with Crippen LogP contribution in [0, 0.1) is 6.92 Å². The topological polar surface area (TPSA) is 146 Å². The van der Waals surface area contributed by atoms with Gasteiger partial charge in [-0.05, 0) is 48.4 Å². The zero-order valence-electron chi connectivity index (χ0n) is 18.5. The average molecular weight is 479 g/mol. The highest BCUT2D eigenvalue weighted by molar-refractivity contribution is 7.98. The number of benzene rings is 2. The van der Waals surface area contributed by atoms with Crippen molar-refractivity contribution in [2.24, 2.45) is 5.10 Å². The number of anilines is 1. The molecule has 0 aliphatic heterocycles. The van der Waals surface area contributed by atoms with E-state index in [-0.39, 0.29) is 23.9 Å². The zero-order chi connectivity index (χ0) is 23.9. The summed E-state index contributed by atoms with van der Waals surface area (Å²) in [6.45, 7) is 3.98. The van der Waals surface area contributed by atoms with Crippen LogP contribution in [0.2, 0.25) is 0 Å². The summed E-state index contributed by atoms with van der Waals surface area (Å²) >= 11 is 1.51. The largest absolute Gasteiger partial charge is 0.488 e. The second-order valence-electron chi connectivity index (χ2n) is 7.26. The number of aryl methyl sites for hydroxylation is 1. The third kappa shape index (κ3) is 5.59. The van der Waals surface area contributed by atoms with Crippen LogP contribution < -0.4 is 15.9 Å². The van der Waals surface area contributed by atoms with Crippen LogP contribution in [0.1, 0.15) is 28.7 Å². The molecule has 4 rings (SSSR count). The lowest BCUT2D eigenvalue weighted by Gasteiger charge is -2.07. The van der Waals surface area contributed by atoms with Gasteiger partial charge in [-0.25, -0.2) is 10.1 Å². The minimum absolute atomic E-state index is 0.0328. The Labute approximate surface area is 199 Å². The molecule has 0 bridgehead atoms. The maximum Gasteiger partial charge on any atom is 0.293 e. The summed E-state index contributed by atoms with van der Waals surface area (Å²) in [5, 5.41) is 19.6. The lowest BCUT2D eigenvalue weighted by atomic mass is 10.2. The molecule has 3 N–H and O–H groups in total. The summed E-state index contributed by atoms with van der Waals surface area (Å²) < 4.78 is 11.7. The van der Waals surface area contributed by atoms with E-state index >= 15 is 0 Å². The number of hydrazone groups is 1. The summed E-state index contributed by atoms with van der Waals surface area (Å²) in [4.78, 5) is 13.9. The van der Waals surface area contributed by atoms with Crippen LogP contribution in [-0.4, -0.2) is 43.5 Å². The van der Waals surface area contributed by atoms with Gasteiger partial charge in [0.2, 0.25) is 11.6 Å². The Bertz CT molecular complexity index is 1290. The van der Waals surface area contributed by atoms with Gasteiger partial charge in [-0.2, -0.15) is 9.78 Å². The van der Waals surface area contributed by atoms with E-state index in [1.54, 1.807) is 6.92 Å². The molecule has 0 radical (unpaired) electrons. The van der Waals surface area contributed by atoms with Gasteiger partial charge in [0.25, 0.3) is 5.91 Å². The van der Waals surface area contributed by atoms with Crippen LogP contribution in [0.4, 0.5) is 5.82 Å². The third-order valence-corrected chi connectivity index (χ3v) is 5.63. The van der Waals surface area contributed by atoms with E-state index in [0.29, 0.717) is 22.9 Å². The van der Waals surface area contributed by atoms with E-state index in [1.807, 2.05) is 61.5 Å². The van der Waals surface area contributed by atoms with Gasteiger partial charge in [0.1, 0.15) is 12.4 Å². The molecular formula is C22H22N8O3S. The number of hydrogen-bond acceptors (Lipinski definition) is 10. The van der Waals surface area contributed by atoms with Crippen LogP contribution in [0.3, 0.4) is 0 Å². The average Bonchev–Trinajstić information content (AvgIpc) is 3.47. The molecule has 0 fully saturated rings. The van der Waals surface area contributed by atoms with Crippen molar-refractivity contribution in [3.05, 3.63) is 71.5 Å². The molecule has 2 aromatic carbocycles. The van der Waals surface area contributed by atoms with Crippen LogP contribution in [0.25, 0.3) is 5.82 Å². The maximum absolute atomic E-state index is 12.9. The van der Waals surface area contributed by atoms with E-state index in [9.17, 15) is 4.79 Å². The molecule has 0 atom stereocenters. The summed E-state index contributed by atoms with van der Waals surface area (Å²) in [7, 11) is 0. The standard InChI is InChI=1S/C22H22N8O3S/c1-14-8-10-17(11-9-14)34-13-18-19(25-29-30(18)21-20(23)27-33-28-21)22(31)26-24-15(2)12-32-16-6-4-3-5-7-16/h3-11H,12-13H2,1-2H3,(H2,23,27)(H,26,31)/b24-15-. The molecule has 34 heavy (non-hydrogen) atoms. The van der Waals surface area contributed by atoms with Gasteiger partial charge in [0.15, 0.2) is 5.69 Å². The van der Waals surface area contributed by atoms with Gasteiger partial charge >= 0.3 is 0 Å². The molecule has 174 valence electrons. The number of nitrogens with two attached hydrogens (primary N) is 1. The molecule has 12 heteroatoms. The number of carbonyl (C=O) groups is 1. The lowest BCUT2D eigenvalue weighted by molar-refractivity contribution is 0.0949.